The second-order valence-electron chi connectivity index (χ2n) is 12.1. The van der Waals surface area contributed by atoms with Crippen molar-refractivity contribution in [3.05, 3.63) is 36.6 Å². The SMILES string of the molecule is COCCS(=O)(=O)Nc1ccc(-c2nnc(-c3cc4ccoc4c(N4CCC(F)(F)CC4)n3)o2)c(N2CCC3(CC2)CC3)c1. The van der Waals surface area contributed by atoms with Gasteiger partial charge in [-0.15, -0.1) is 10.2 Å². The average molecular weight is 629 g/mol. The summed E-state index contributed by atoms with van der Waals surface area (Å²) in [4.78, 5) is 8.78. The van der Waals surface area contributed by atoms with Crippen molar-refractivity contribution in [1.82, 2.24) is 15.2 Å². The van der Waals surface area contributed by atoms with Crippen molar-refractivity contribution in [2.24, 2.45) is 5.41 Å². The zero-order valence-electron chi connectivity index (χ0n) is 24.4. The molecule has 0 radical (unpaired) electrons. The molecule has 4 aromatic rings. The summed E-state index contributed by atoms with van der Waals surface area (Å²) >= 11 is 0. The van der Waals surface area contributed by atoms with Gasteiger partial charge in [-0.2, -0.15) is 0 Å². The number of benzene rings is 1. The first-order chi connectivity index (χ1) is 21.1. The van der Waals surface area contributed by atoms with Crippen LogP contribution in [0.3, 0.4) is 0 Å². The van der Waals surface area contributed by atoms with E-state index in [1.807, 2.05) is 6.07 Å². The van der Waals surface area contributed by atoms with Crippen LogP contribution in [0.5, 0.6) is 0 Å². The van der Waals surface area contributed by atoms with E-state index in [1.165, 1.54) is 20.0 Å². The van der Waals surface area contributed by atoms with E-state index in [-0.39, 0.29) is 50.1 Å². The Balaban J connectivity index is 1.21. The van der Waals surface area contributed by atoms with E-state index in [2.05, 4.69) is 19.8 Å². The molecule has 1 aromatic carbocycles. The van der Waals surface area contributed by atoms with Crippen LogP contribution >= 0.6 is 0 Å². The van der Waals surface area contributed by atoms with Gasteiger partial charge in [0.1, 0.15) is 5.69 Å². The lowest BCUT2D eigenvalue weighted by Crippen LogP contribution is -2.39. The Labute approximate surface area is 253 Å². The summed E-state index contributed by atoms with van der Waals surface area (Å²) in [5.74, 6) is -1.94. The topological polar surface area (TPSA) is 127 Å². The second kappa shape index (κ2) is 11.0. The molecule has 3 fully saturated rings. The first-order valence-electron chi connectivity index (χ1n) is 14.9. The van der Waals surface area contributed by atoms with E-state index < -0.39 is 15.9 Å². The summed E-state index contributed by atoms with van der Waals surface area (Å²) in [5.41, 5.74) is 3.29. The molecule has 11 nitrogen and oxygen atoms in total. The van der Waals surface area contributed by atoms with Crippen LogP contribution in [0, 0.1) is 5.41 Å². The molecule has 2 saturated heterocycles. The van der Waals surface area contributed by atoms with Crippen molar-refractivity contribution in [2.45, 2.75) is 44.4 Å². The van der Waals surface area contributed by atoms with Gasteiger partial charge in [0.25, 0.3) is 11.8 Å². The molecule has 1 N–H and O–H groups in total. The maximum atomic E-state index is 13.9. The highest BCUT2D eigenvalue weighted by molar-refractivity contribution is 7.92. The third-order valence-electron chi connectivity index (χ3n) is 9.04. The number of anilines is 3. The maximum Gasteiger partial charge on any atom is 0.266 e. The molecule has 14 heteroatoms. The van der Waals surface area contributed by atoms with Gasteiger partial charge < -0.3 is 23.4 Å². The van der Waals surface area contributed by atoms with E-state index in [9.17, 15) is 17.2 Å². The number of piperidine rings is 2. The van der Waals surface area contributed by atoms with Crippen LogP contribution in [0.25, 0.3) is 34.0 Å². The van der Waals surface area contributed by atoms with Crippen molar-refractivity contribution >= 4 is 38.2 Å². The molecule has 2 aliphatic heterocycles. The predicted molar refractivity (Wildman–Crippen MR) is 162 cm³/mol. The predicted octanol–water partition coefficient (Wildman–Crippen LogP) is 5.55. The fourth-order valence-corrected chi connectivity index (χ4v) is 7.10. The normalized spacial score (nSPS) is 19.5. The fraction of sp³-hybridized carbons (Fsp3) is 0.500. The molecule has 0 amide bonds. The molecule has 3 aliphatic rings. The molecule has 44 heavy (non-hydrogen) atoms. The molecule has 1 aliphatic carbocycles. The lowest BCUT2D eigenvalue weighted by atomic mass is 9.93. The van der Waals surface area contributed by atoms with E-state index in [0.717, 1.165) is 37.0 Å². The number of hydrogen-bond donors (Lipinski definition) is 1. The van der Waals surface area contributed by atoms with Gasteiger partial charge >= 0.3 is 0 Å². The van der Waals surface area contributed by atoms with E-state index in [1.54, 1.807) is 35.4 Å². The molecule has 5 heterocycles. The number of alkyl halides is 2. The van der Waals surface area contributed by atoms with Crippen molar-refractivity contribution in [3.8, 4) is 23.0 Å². The monoisotopic (exact) mass is 628 g/mol. The number of hydrogen-bond acceptors (Lipinski definition) is 10. The van der Waals surface area contributed by atoms with Crippen LogP contribution in [0.4, 0.5) is 26.0 Å². The Morgan fingerprint density at radius 3 is 2.41 bits per heavy atom. The molecule has 0 bridgehead atoms. The zero-order chi connectivity index (χ0) is 30.5. The highest BCUT2D eigenvalue weighted by atomic mass is 32.2. The summed E-state index contributed by atoms with van der Waals surface area (Å²) in [6, 6.07) is 8.84. The van der Waals surface area contributed by atoms with Crippen LogP contribution in [0.2, 0.25) is 0 Å². The number of methoxy groups -OCH3 is 1. The van der Waals surface area contributed by atoms with Gasteiger partial charge in [-0.3, -0.25) is 4.72 Å². The molecular formula is C30H34F2N6O5S. The maximum absolute atomic E-state index is 13.9. The fourth-order valence-electron chi connectivity index (χ4n) is 6.12. The van der Waals surface area contributed by atoms with Gasteiger partial charge in [-0.1, -0.05) is 0 Å². The summed E-state index contributed by atoms with van der Waals surface area (Å²) in [6.45, 7) is 2.06. The van der Waals surface area contributed by atoms with Crippen LogP contribution in [-0.2, 0) is 14.8 Å². The standard InChI is InChI=1S/C30H34F2N6O5S/c1-41-16-17-44(39,40)36-21-2-3-22(24(19-21)37-11-7-29(5-6-29)8-12-37)27-34-35-28(43-27)23-18-20-4-15-42-25(20)26(33-23)38-13-9-30(31,32)10-14-38/h2-4,15,18-19,36H,5-14,16-17H2,1H3. The third-order valence-corrected chi connectivity index (χ3v) is 10.3. The minimum atomic E-state index is -3.60. The molecule has 7 rings (SSSR count). The lowest BCUT2D eigenvalue weighted by Gasteiger charge is -2.35. The zero-order valence-corrected chi connectivity index (χ0v) is 25.2. The van der Waals surface area contributed by atoms with Gasteiger partial charge in [-0.05, 0) is 61.4 Å². The lowest BCUT2D eigenvalue weighted by molar-refractivity contribution is -0.0221. The van der Waals surface area contributed by atoms with Crippen molar-refractivity contribution in [2.75, 3.05) is 60.2 Å². The largest absolute Gasteiger partial charge is 0.460 e. The molecule has 1 saturated carbocycles. The number of furan rings is 1. The molecule has 3 aromatic heterocycles. The molecule has 0 unspecified atom stereocenters. The van der Waals surface area contributed by atoms with Gasteiger partial charge in [-0.25, -0.2) is 22.2 Å². The summed E-state index contributed by atoms with van der Waals surface area (Å²) < 4.78 is 72.4. The number of halogens is 2. The second-order valence-corrected chi connectivity index (χ2v) is 13.9. The first kappa shape index (κ1) is 29.0. The van der Waals surface area contributed by atoms with Crippen LogP contribution in [-0.4, -0.2) is 75.2 Å². The van der Waals surface area contributed by atoms with Crippen molar-refractivity contribution in [1.29, 1.82) is 0 Å². The number of fused-ring (bicyclic) bond motifs is 1. The Kier molecular flexibility index (Phi) is 7.23. The Bertz CT molecular complexity index is 1770. The Morgan fingerprint density at radius 1 is 0.955 bits per heavy atom. The number of nitrogens with one attached hydrogen (secondary N) is 1. The molecular weight excluding hydrogens is 594 g/mol. The number of aromatic nitrogens is 3. The Morgan fingerprint density at radius 2 is 1.68 bits per heavy atom. The number of pyridine rings is 1. The molecule has 0 atom stereocenters. The van der Waals surface area contributed by atoms with Gasteiger partial charge in [0.05, 0.1) is 35.6 Å². The quantitative estimate of drug-likeness (QED) is 0.252. The molecule has 234 valence electrons. The average Bonchev–Trinajstić information content (AvgIpc) is 3.36. The minimum Gasteiger partial charge on any atom is -0.460 e. The van der Waals surface area contributed by atoms with Gasteiger partial charge in [0, 0.05) is 51.5 Å². The first-order valence-corrected chi connectivity index (χ1v) is 16.5. The van der Waals surface area contributed by atoms with Gasteiger partial charge in [0.2, 0.25) is 15.9 Å². The van der Waals surface area contributed by atoms with Gasteiger partial charge in [0.15, 0.2) is 11.4 Å². The summed E-state index contributed by atoms with van der Waals surface area (Å²) in [5, 5.41) is 9.41. The number of sulfonamides is 1. The Hall–Kier alpha value is -3.78. The van der Waals surface area contributed by atoms with E-state index >= 15 is 0 Å². The number of ether oxygens (including phenoxy) is 1. The van der Waals surface area contributed by atoms with E-state index in [0.29, 0.717) is 33.8 Å². The smallest absolute Gasteiger partial charge is 0.266 e. The minimum absolute atomic E-state index is 0.0871. The highest BCUT2D eigenvalue weighted by Crippen LogP contribution is 2.54. The third kappa shape index (κ3) is 5.84. The van der Waals surface area contributed by atoms with Crippen molar-refractivity contribution < 1.29 is 30.8 Å². The number of nitrogens with zero attached hydrogens (tertiary/aromatic N) is 5. The number of rotatable bonds is 9. The summed E-state index contributed by atoms with van der Waals surface area (Å²) in [7, 11) is -2.14. The van der Waals surface area contributed by atoms with Crippen LogP contribution in [0.1, 0.15) is 38.5 Å². The van der Waals surface area contributed by atoms with Crippen LogP contribution < -0.4 is 14.5 Å². The van der Waals surface area contributed by atoms with Crippen molar-refractivity contribution in [3.63, 3.8) is 0 Å². The molecule has 1 spiro atoms. The highest BCUT2D eigenvalue weighted by Gasteiger charge is 2.44. The summed E-state index contributed by atoms with van der Waals surface area (Å²) in [6.07, 6.45) is 5.69. The van der Waals surface area contributed by atoms with Crippen LogP contribution in [0.15, 0.2) is 45.4 Å². The van der Waals surface area contributed by atoms with E-state index in [4.69, 9.17) is 18.6 Å².